The van der Waals surface area contributed by atoms with Crippen LogP contribution in [0.5, 0.6) is 0 Å². The molecule has 2 aromatic heterocycles. The van der Waals surface area contributed by atoms with Crippen LogP contribution in [-0.4, -0.2) is 14.8 Å². The van der Waals surface area contributed by atoms with Crippen molar-refractivity contribution in [1.29, 1.82) is 0 Å². The maximum absolute atomic E-state index is 12.6. The van der Waals surface area contributed by atoms with Crippen molar-refractivity contribution in [3.05, 3.63) is 40.8 Å². The number of hydrogen-bond donors (Lipinski definition) is 1. The molecule has 1 aliphatic carbocycles. The van der Waals surface area contributed by atoms with Gasteiger partial charge in [0.15, 0.2) is 5.82 Å². The van der Waals surface area contributed by atoms with Crippen LogP contribution in [0.15, 0.2) is 18.5 Å². The molecule has 0 amide bonds. The molecule has 2 N–H and O–H groups in total. The minimum atomic E-state index is -4.40. The molecule has 20 heavy (non-hydrogen) atoms. The standard InChI is InChI=1S/C13H13F3N4/c14-13(15,16)10-6-18-20(7-10)12-9(5-17)4-8-2-1-3-11(8)19-12/h4,6-7H,1-3,5,17H2. The Labute approximate surface area is 113 Å². The predicted octanol–water partition coefficient (Wildman–Crippen LogP) is 2.23. The van der Waals surface area contributed by atoms with E-state index in [1.54, 1.807) is 0 Å². The molecule has 0 saturated heterocycles. The van der Waals surface area contributed by atoms with Gasteiger partial charge < -0.3 is 5.73 Å². The number of aryl methyl sites for hydroxylation is 2. The van der Waals surface area contributed by atoms with Crippen molar-refractivity contribution in [3.63, 3.8) is 0 Å². The van der Waals surface area contributed by atoms with Gasteiger partial charge in [-0.3, -0.25) is 0 Å². The van der Waals surface area contributed by atoms with Gasteiger partial charge >= 0.3 is 6.18 Å². The molecular weight excluding hydrogens is 269 g/mol. The molecule has 106 valence electrons. The number of nitrogens with zero attached hydrogens (tertiary/aromatic N) is 3. The molecule has 0 saturated carbocycles. The number of rotatable bonds is 2. The monoisotopic (exact) mass is 282 g/mol. The quantitative estimate of drug-likeness (QED) is 0.919. The zero-order chi connectivity index (χ0) is 14.3. The Hall–Kier alpha value is -1.89. The fourth-order valence-electron chi connectivity index (χ4n) is 2.44. The summed E-state index contributed by atoms with van der Waals surface area (Å²) >= 11 is 0. The third-order valence-corrected chi connectivity index (χ3v) is 3.45. The van der Waals surface area contributed by atoms with Crippen molar-refractivity contribution in [3.8, 4) is 5.82 Å². The van der Waals surface area contributed by atoms with Gasteiger partial charge in [-0.2, -0.15) is 18.3 Å². The normalized spacial score (nSPS) is 14.6. The average Bonchev–Trinajstić information content (AvgIpc) is 3.04. The Morgan fingerprint density at radius 1 is 1.30 bits per heavy atom. The highest BCUT2D eigenvalue weighted by molar-refractivity contribution is 5.41. The molecule has 4 nitrogen and oxygen atoms in total. The van der Waals surface area contributed by atoms with Gasteiger partial charge in [0.2, 0.25) is 0 Å². The van der Waals surface area contributed by atoms with E-state index in [9.17, 15) is 13.2 Å². The first kappa shape index (κ1) is 13.1. The van der Waals surface area contributed by atoms with Crippen LogP contribution in [-0.2, 0) is 25.6 Å². The van der Waals surface area contributed by atoms with Crippen molar-refractivity contribution in [2.45, 2.75) is 32.0 Å². The molecule has 0 radical (unpaired) electrons. The number of alkyl halides is 3. The maximum Gasteiger partial charge on any atom is 0.419 e. The molecule has 0 spiro atoms. The SMILES string of the molecule is NCc1cc2c(nc1-n1cc(C(F)(F)F)cn1)CCC2. The topological polar surface area (TPSA) is 56.7 Å². The van der Waals surface area contributed by atoms with Crippen LogP contribution < -0.4 is 5.73 Å². The molecule has 0 bridgehead atoms. The van der Waals surface area contributed by atoms with E-state index in [0.29, 0.717) is 11.4 Å². The average molecular weight is 282 g/mol. The summed E-state index contributed by atoms with van der Waals surface area (Å²) in [5, 5.41) is 3.77. The summed E-state index contributed by atoms with van der Waals surface area (Å²) in [6.45, 7) is 0.219. The Kier molecular flexibility index (Phi) is 3.01. The van der Waals surface area contributed by atoms with Crippen LogP contribution in [0.3, 0.4) is 0 Å². The second-order valence-corrected chi connectivity index (χ2v) is 4.81. The van der Waals surface area contributed by atoms with Crippen molar-refractivity contribution < 1.29 is 13.2 Å². The third kappa shape index (κ3) is 2.18. The van der Waals surface area contributed by atoms with E-state index < -0.39 is 11.7 Å². The summed E-state index contributed by atoms with van der Waals surface area (Å²) in [4.78, 5) is 4.44. The van der Waals surface area contributed by atoms with E-state index >= 15 is 0 Å². The Balaban J connectivity index is 2.07. The number of halogens is 3. The molecule has 7 heteroatoms. The van der Waals surface area contributed by atoms with Crippen molar-refractivity contribution in [2.75, 3.05) is 0 Å². The second-order valence-electron chi connectivity index (χ2n) is 4.81. The fraction of sp³-hybridized carbons (Fsp3) is 0.385. The summed E-state index contributed by atoms with van der Waals surface area (Å²) in [5.74, 6) is 0.392. The highest BCUT2D eigenvalue weighted by atomic mass is 19.4. The maximum atomic E-state index is 12.6. The second kappa shape index (κ2) is 4.59. The predicted molar refractivity (Wildman–Crippen MR) is 66.3 cm³/mol. The third-order valence-electron chi connectivity index (χ3n) is 3.45. The minimum absolute atomic E-state index is 0.219. The van der Waals surface area contributed by atoms with Crippen LogP contribution in [0.1, 0.15) is 28.8 Å². The zero-order valence-corrected chi connectivity index (χ0v) is 10.6. The number of hydrogen-bond acceptors (Lipinski definition) is 3. The van der Waals surface area contributed by atoms with Crippen LogP contribution in [0.25, 0.3) is 5.82 Å². The van der Waals surface area contributed by atoms with Crippen molar-refractivity contribution in [2.24, 2.45) is 5.73 Å². The summed E-state index contributed by atoms with van der Waals surface area (Å²) in [6, 6.07) is 1.93. The smallest absolute Gasteiger partial charge is 0.326 e. The van der Waals surface area contributed by atoms with Gasteiger partial charge in [-0.05, 0) is 30.9 Å². The van der Waals surface area contributed by atoms with Gasteiger partial charge in [0.1, 0.15) is 0 Å². The molecule has 0 atom stereocenters. The molecule has 2 heterocycles. The van der Waals surface area contributed by atoms with E-state index in [2.05, 4.69) is 10.1 Å². The Morgan fingerprint density at radius 3 is 2.75 bits per heavy atom. The lowest BCUT2D eigenvalue weighted by atomic mass is 10.1. The van der Waals surface area contributed by atoms with Crippen LogP contribution >= 0.6 is 0 Å². The van der Waals surface area contributed by atoms with E-state index in [0.717, 1.165) is 47.6 Å². The lowest BCUT2D eigenvalue weighted by Crippen LogP contribution is -2.10. The number of nitrogens with two attached hydrogens (primary N) is 1. The summed E-state index contributed by atoms with van der Waals surface area (Å²) in [6.07, 6.45) is 0.154. The lowest BCUT2D eigenvalue weighted by Gasteiger charge is -2.10. The Bertz CT molecular complexity index is 646. The molecule has 0 fully saturated rings. The highest BCUT2D eigenvalue weighted by Crippen LogP contribution is 2.30. The van der Waals surface area contributed by atoms with E-state index in [-0.39, 0.29) is 6.54 Å². The largest absolute Gasteiger partial charge is 0.419 e. The molecule has 3 rings (SSSR count). The number of pyridine rings is 1. The first-order chi connectivity index (χ1) is 9.49. The van der Waals surface area contributed by atoms with Gasteiger partial charge in [0, 0.05) is 24.0 Å². The van der Waals surface area contributed by atoms with E-state index in [1.807, 2.05) is 6.07 Å². The minimum Gasteiger partial charge on any atom is -0.326 e. The van der Waals surface area contributed by atoms with E-state index in [1.165, 1.54) is 0 Å². The first-order valence-electron chi connectivity index (χ1n) is 6.33. The highest BCUT2D eigenvalue weighted by Gasteiger charge is 2.32. The summed E-state index contributed by atoms with van der Waals surface area (Å²) < 4.78 is 39.0. The van der Waals surface area contributed by atoms with Crippen LogP contribution in [0, 0.1) is 0 Å². The van der Waals surface area contributed by atoms with Gasteiger partial charge in [0.25, 0.3) is 0 Å². The Morgan fingerprint density at radius 2 is 2.10 bits per heavy atom. The van der Waals surface area contributed by atoms with E-state index in [4.69, 9.17) is 5.73 Å². The van der Waals surface area contributed by atoms with Gasteiger partial charge in [-0.1, -0.05) is 0 Å². The summed E-state index contributed by atoms with van der Waals surface area (Å²) in [7, 11) is 0. The van der Waals surface area contributed by atoms with Crippen LogP contribution in [0.2, 0.25) is 0 Å². The van der Waals surface area contributed by atoms with Gasteiger partial charge in [-0.15, -0.1) is 0 Å². The zero-order valence-electron chi connectivity index (χ0n) is 10.6. The summed E-state index contributed by atoms with van der Waals surface area (Å²) in [5.41, 5.74) is 7.66. The van der Waals surface area contributed by atoms with Gasteiger partial charge in [-0.25, -0.2) is 9.67 Å². The van der Waals surface area contributed by atoms with Crippen LogP contribution in [0.4, 0.5) is 13.2 Å². The van der Waals surface area contributed by atoms with Crippen molar-refractivity contribution in [1.82, 2.24) is 14.8 Å². The lowest BCUT2D eigenvalue weighted by molar-refractivity contribution is -0.137. The molecule has 0 aromatic carbocycles. The molecule has 0 aliphatic heterocycles. The number of fused-ring (bicyclic) bond motifs is 1. The van der Waals surface area contributed by atoms with Gasteiger partial charge in [0.05, 0.1) is 11.8 Å². The molecular formula is C13H13F3N4. The molecule has 1 aliphatic rings. The first-order valence-corrected chi connectivity index (χ1v) is 6.33. The fourth-order valence-corrected chi connectivity index (χ4v) is 2.44. The number of aromatic nitrogens is 3. The molecule has 0 unspecified atom stereocenters. The van der Waals surface area contributed by atoms with Crippen molar-refractivity contribution >= 4 is 0 Å². The molecule has 2 aromatic rings.